The molecular weight excluding hydrogens is 182 g/mol. The Kier molecular flexibility index (Phi) is 3.14. The van der Waals surface area contributed by atoms with Crippen molar-refractivity contribution in [3.63, 3.8) is 0 Å². The monoisotopic (exact) mass is 193 g/mol. The standard InChI is InChI=1S/C10H11NOS/c1-7(10(11)12)8-3-5-9(13-2)6-4-8/h3-6H,1H2,2H3,(H2,11,12). The van der Waals surface area contributed by atoms with E-state index in [9.17, 15) is 4.79 Å². The first-order valence-corrected chi connectivity index (χ1v) is 5.00. The van der Waals surface area contributed by atoms with Gasteiger partial charge in [-0.05, 0) is 24.0 Å². The van der Waals surface area contributed by atoms with Crippen molar-refractivity contribution in [3.05, 3.63) is 36.4 Å². The van der Waals surface area contributed by atoms with Crippen LogP contribution in [0.4, 0.5) is 0 Å². The van der Waals surface area contributed by atoms with Gasteiger partial charge in [-0.15, -0.1) is 11.8 Å². The lowest BCUT2D eigenvalue weighted by atomic mass is 10.1. The molecule has 0 unspecified atom stereocenters. The number of nitrogens with two attached hydrogens (primary N) is 1. The molecule has 0 aromatic heterocycles. The summed E-state index contributed by atoms with van der Waals surface area (Å²) in [7, 11) is 0. The van der Waals surface area contributed by atoms with Crippen molar-refractivity contribution in [3.8, 4) is 0 Å². The van der Waals surface area contributed by atoms with Gasteiger partial charge in [0.25, 0.3) is 0 Å². The van der Waals surface area contributed by atoms with E-state index in [1.165, 1.54) is 0 Å². The van der Waals surface area contributed by atoms with E-state index in [0.29, 0.717) is 5.57 Å². The smallest absolute Gasteiger partial charge is 0.248 e. The normalized spacial score (nSPS) is 9.62. The van der Waals surface area contributed by atoms with Crippen LogP contribution in [0.2, 0.25) is 0 Å². The first-order valence-electron chi connectivity index (χ1n) is 3.78. The molecule has 0 bridgehead atoms. The van der Waals surface area contributed by atoms with E-state index in [1.54, 1.807) is 11.8 Å². The molecule has 0 aliphatic carbocycles. The first kappa shape index (κ1) is 9.86. The second-order valence-corrected chi connectivity index (χ2v) is 3.45. The highest BCUT2D eigenvalue weighted by atomic mass is 32.2. The number of hydrogen-bond acceptors (Lipinski definition) is 2. The first-order chi connectivity index (χ1) is 6.15. The van der Waals surface area contributed by atoms with E-state index in [2.05, 4.69) is 6.58 Å². The van der Waals surface area contributed by atoms with Crippen LogP contribution < -0.4 is 5.73 Å². The molecule has 0 fully saturated rings. The molecule has 0 saturated carbocycles. The van der Waals surface area contributed by atoms with Gasteiger partial charge in [0, 0.05) is 10.5 Å². The van der Waals surface area contributed by atoms with Gasteiger partial charge in [-0.25, -0.2) is 0 Å². The Balaban J connectivity index is 2.92. The number of benzene rings is 1. The minimum absolute atomic E-state index is 0.354. The zero-order chi connectivity index (χ0) is 9.84. The van der Waals surface area contributed by atoms with E-state index in [1.807, 2.05) is 30.5 Å². The average Bonchev–Trinajstić information content (AvgIpc) is 2.17. The van der Waals surface area contributed by atoms with E-state index < -0.39 is 5.91 Å². The fourth-order valence-electron chi connectivity index (χ4n) is 0.934. The fourth-order valence-corrected chi connectivity index (χ4v) is 1.34. The molecule has 2 N–H and O–H groups in total. The average molecular weight is 193 g/mol. The second kappa shape index (κ2) is 4.14. The van der Waals surface area contributed by atoms with Crippen molar-refractivity contribution < 1.29 is 4.79 Å². The van der Waals surface area contributed by atoms with Crippen LogP contribution >= 0.6 is 11.8 Å². The lowest BCUT2D eigenvalue weighted by molar-refractivity contribution is -0.112. The van der Waals surface area contributed by atoms with Crippen molar-refractivity contribution in [1.29, 1.82) is 0 Å². The maximum absolute atomic E-state index is 10.8. The molecule has 1 amide bonds. The van der Waals surface area contributed by atoms with Gasteiger partial charge in [0.1, 0.15) is 0 Å². The molecule has 0 spiro atoms. The molecule has 3 heteroatoms. The number of thioether (sulfide) groups is 1. The quantitative estimate of drug-likeness (QED) is 0.588. The molecule has 13 heavy (non-hydrogen) atoms. The van der Waals surface area contributed by atoms with Crippen molar-refractivity contribution in [2.75, 3.05) is 6.26 Å². The topological polar surface area (TPSA) is 43.1 Å². The van der Waals surface area contributed by atoms with E-state index in [4.69, 9.17) is 5.73 Å². The summed E-state index contributed by atoms with van der Waals surface area (Å²) in [5.74, 6) is -0.475. The number of carbonyl (C=O) groups excluding carboxylic acids is 1. The van der Waals surface area contributed by atoms with Crippen LogP contribution in [0.5, 0.6) is 0 Å². The summed E-state index contributed by atoms with van der Waals surface area (Å²) in [6, 6.07) is 7.57. The molecule has 0 heterocycles. The lowest BCUT2D eigenvalue weighted by Crippen LogP contribution is -2.11. The highest BCUT2D eigenvalue weighted by Gasteiger charge is 2.03. The third-order valence-corrected chi connectivity index (χ3v) is 2.48. The highest BCUT2D eigenvalue weighted by Crippen LogP contribution is 2.18. The van der Waals surface area contributed by atoms with Gasteiger partial charge in [-0.3, -0.25) is 4.79 Å². The molecule has 68 valence electrons. The largest absolute Gasteiger partial charge is 0.366 e. The van der Waals surface area contributed by atoms with Crippen LogP contribution in [0.15, 0.2) is 35.7 Å². The summed E-state index contributed by atoms with van der Waals surface area (Å²) < 4.78 is 0. The van der Waals surface area contributed by atoms with Gasteiger partial charge in [-0.2, -0.15) is 0 Å². The number of amides is 1. The van der Waals surface area contributed by atoms with Gasteiger partial charge in [0.05, 0.1) is 0 Å². The number of rotatable bonds is 3. The third kappa shape index (κ3) is 2.36. The van der Waals surface area contributed by atoms with Crippen molar-refractivity contribution in [2.24, 2.45) is 5.73 Å². The Hall–Kier alpha value is -1.22. The Bertz CT molecular complexity index is 329. The van der Waals surface area contributed by atoms with Crippen molar-refractivity contribution in [2.45, 2.75) is 4.90 Å². The van der Waals surface area contributed by atoms with Crippen LogP contribution in [0.25, 0.3) is 5.57 Å². The molecule has 0 aliphatic rings. The maximum atomic E-state index is 10.8. The summed E-state index contributed by atoms with van der Waals surface area (Å²) in [6.45, 7) is 3.60. The van der Waals surface area contributed by atoms with E-state index >= 15 is 0 Å². The Morgan fingerprint density at radius 3 is 2.31 bits per heavy atom. The summed E-state index contributed by atoms with van der Waals surface area (Å²) in [5, 5.41) is 0. The van der Waals surface area contributed by atoms with Gasteiger partial charge < -0.3 is 5.73 Å². The number of hydrogen-bond donors (Lipinski definition) is 1. The van der Waals surface area contributed by atoms with Crippen molar-refractivity contribution >= 4 is 23.2 Å². The molecule has 1 rings (SSSR count). The maximum Gasteiger partial charge on any atom is 0.248 e. The summed E-state index contributed by atoms with van der Waals surface area (Å²) in [5.41, 5.74) is 6.23. The SMILES string of the molecule is C=C(C(N)=O)c1ccc(SC)cc1. The minimum atomic E-state index is -0.475. The minimum Gasteiger partial charge on any atom is -0.366 e. The predicted molar refractivity (Wildman–Crippen MR) is 56.5 cm³/mol. The zero-order valence-electron chi connectivity index (χ0n) is 7.41. The van der Waals surface area contributed by atoms with Crippen LogP contribution in [-0.2, 0) is 4.79 Å². The van der Waals surface area contributed by atoms with Gasteiger partial charge >= 0.3 is 0 Å². The Morgan fingerprint density at radius 1 is 1.38 bits per heavy atom. The molecule has 0 radical (unpaired) electrons. The predicted octanol–water partition coefficient (Wildman–Crippen LogP) is 1.91. The molecule has 1 aromatic rings. The van der Waals surface area contributed by atoms with Gasteiger partial charge in [-0.1, -0.05) is 18.7 Å². The fraction of sp³-hybridized carbons (Fsp3) is 0.100. The van der Waals surface area contributed by atoms with Crippen molar-refractivity contribution in [1.82, 2.24) is 0 Å². The van der Waals surface area contributed by atoms with Gasteiger partial charge in [0.2, 0.25) is 5.91 Å². The molecule has 0 atom stereocenters. The zero-order valence-corrected chi connectivity index (χ0v) is 8.23. The van der Waals surface area contributed by atoms with E-state index in [0.717, 1.165) is 10.5 Å². The number of primary amides is 1. The highest BCUT2D eigenvalue weighted by molar-refractivity contribution is 7.98. The summed E-state index contributed by atoms with van der Waals surface area (Å²) in [4.78, 5) is 11.9. The number of carbonyl (C=O) groups is 1. The lowest BCUT2D eigenvalue weighted by Gasteiger charge is -2.01. The molecule has 0 aliphatic heterocycles. The van der Waals surface area contributed by atoms with E-state index in [-0.39, 0.29) is 0 Å². The van der Waals surface area contributed by atoms with Crippen LogP contribution in [-0.4, -0.2) is 12.2 Å². The molecule has 1 aromatic carbocycles. The van der Waals surface area contributed by atoms with Crippen LogP contribution in [0.1, 0.15) is 5.56 Å². The third-order valence-electron chi connectivity index (χ3n) is 1.74. The molecule has 2 nitrogen and oxygen atoms in total. The summed E-state index contributed by atoms with van der Waals surface area (Å²) >= 11 is 1.65. The summed E-state index contributed by atoms with van der Waals surface area (Å²) in [6.07, 6.45) is 2.00. The molecule has 0 saturated heterocycles. The van der Waals surface area contributed by atoms with Crippen LogP contribution in [0.3, 0.4) is 0 Å². The molecular formula is C10H11NOS. The second-order valence-electron chi connectivity index (χ2n) is 2.57. The Morgan fingerprint density at radius 2 is 1.92 bits per heavy atom. The van der Waals surface area contributed by atoms with Gasteiger partial charge in [0.15, 0.2) is 0 Å². The van der Waals surface area contributed by atoms with Crippen LogP contribution in [0, 0.1) is 0 Å². The Labute approximate surface area is 81.8 Å².